The van der Waals surface area contributed by atoms with Crippen molar-refractivity contribution in [2.75, 3.05) is 20.6 Å². The summed E-state index contributed by atoms with van der Waals surface area (Å²) in [5.74, 6) is 0. The van der Waals surface area contributed by atoms with Gasteiger partial charge in [-0.2, -0.15) is 0 Å². The van der Waals surface area contributed by atoms with Gasteiger partial charge in [-0.1, -0.05) is 54.6 Å². The van der Waals surface area contributed by atoms with Crippen molar-refractivity contribution in [3.63, 3.8) is 0 Å². The van der Waals surface area contributed by atoms with E-state index in [1.165, 1.54) is 15.7 Å². The molecule has 5 nitrogen and oxygen atoms in total. The van der Waals surface area contributed by atoms with Gasteiger partial charge in [-0.05, 0) is 31.6 Å². The summed E-state index contributed by atoms with van der Waals surface area (Å²) in [4.78, 5) is 18.7. The van der Waals surface area contributed by atoms with Crippen LogP contribution in [0.25, 0.3) is 11.3 Å². The van der Waals surface area contributed by atoms with E-state index in [9.17, 15) is 4.79 Å². The second kappa shape index (κ2) is 8.45. The largest absolute Gasteiger partial charge is 0.337 e. The van der Waals surface area contributed by atoms with E-state index in [2.05, 4.69) is 39.5 Å². The molecule has 1 N–H and O–H groups in total. The fourth-order valence-electron chi connectivity index (χ4n) is 2.78. The first-order valence-corrected chi connectivity index (χ1v) is 8.72. The summed E-state index contributed by atoms with van der Waals surface area (Å²) in [6.07, 6.45) is 4.13. The van der Waals surface area contributed by atoms with E-state index in [0.717, 1.165) is 24.2 Å². The van der Waals surface area contributed by atoms with Gasteiger partial charge in [0.2, 0.25) is 0 Å². The fourth-order valence-corrected chi connectivity index (χ4v) is 2.78. The molecule has 134 valence electrons. The summed E-state index contributed by atoms with van der Waals surface area (Å²) in [6, 6.07) is 18.2. The first-order chi connectivity index (χ1) is 12.6. The van der Waals surface area contributed by atoms with E-state index < -0.39 is 0 Å². The third kappa shape index (κ3) is 4.80. The minimum Gasteiger partial charge on any atom is -0.337 e. The van der Waals surface area contributed by atoms with Gasteiger partial charge in [-0.15, -0.1) is 0 Å². The van der Waals surface area contributed by atoms with Gasteiger partial charge in [0.05, 0.1) is 5.69 Å². The molecule has 26 heavy (non-hydrogen) atoms. The van der Waals surface area contributed by atoms with Gasteiger partial charge in [0, 0.05) is 24.8 Å². The molecule has 3 aromatic rings. The zero-order chi connectivity index (χ0) is 18.4. The first-order valence-electron chi connectivity index (χ1n) is 8.72. The van der Waals surface area contributed by atoms with Crippen molar-refractivity contribution >= 4 is 6.03 Å². The quantitative estimate of drug-likeness (QED) is 0.743. The molecule has 0 bridgehead atoms. The maximum Gasteiger partial charge on any atom is 0.326 e. The van der Waals surface area contributed by atoms with Gasteiger partial charge in [0.1, 0.15) is 6.33 Å². The van der Waals surface area contributed by atoms with Gasteiger partial charge < -0.3 is 10.2 Å². The third-order valence-corrected chi connectivity index (χ3v) is 4.10. The fraction of sp³-hybridized carbons (Fsp3) is 0.238. The number of rotatable bonds is 6. The predicted molar refractivity (Wildman–Crippen MR) is 104 cm³/mol. The minimum atomic E-state index is -0.163. The third-order valence-electron chi connectivity index (χ3n) is 4.10. The number of carbonyl (C=O) groups excluding carboxylic acids is 1. The van der Waals surface area contributed by atoms with Crippen LogP contribution in [0.3, 0.4) is 0 Å². The Morgan fingerprint density at radius 1 is 1.04 bits per heavy atom. The normalized spacial score (nSPS) is 10.9. The van der Waals surface area contributed by atoms with Crippen molar-refractivity contribution in [2.24, 2.45) is 0 Å². The molecule has 1 aromatic heterocycles. The van der Waals surface area contributed by atoms with E-state index >= 15 is 0 Å². The second-order valence-corrected chi connectivity index (χ2v) is 6.57. The van der Waals surface area contributed by atoms with Gasteiger partial charge in [-0.25, -0.2) is 9.78 Å². The number of nitrogens with zero attached hydrogens (tertiary/aromatic N) is 3. The Labute approximate surface area is 154 Å². The maximum atomic E-state index is 12.3. The number of amides is 1. The highest BCUT2D eigenvalue weighted by atomic mass is 16.2. The SMILES string of the molecule is CN(C)Cc1ccc(-c2cn(C(=O)NCCc3ccccc3)cn2)cc1. The van der Waals surface area contributed by atoms with Crippen LogP contribution in [0.15, 0.2) is 67.1 Å². The lowest BCUT2D eigenvalue weighted by molar-refractivity contribution is 0.242. The van der Waals surface area contributed by atoms with Crippen molar-refractivity contribution in [3.05, 3.63) is 78.2 Å². The zero-order valence-corrected chi connectivity index (χ0v) is 15.2. The summed E-state index contributed by atoms with van der Waals surface area (Å²) in [5, 5.41) is 2.92. The molecular weight excluding hydrogens is 324 g/mol. The Bertz CT molecular complexity index is 838. The Balaban J connectivity index is 1.57. The predicted octanol–water partition coefficient (Wildman–Crippen LogP) is 3.41. The Morgan fingerprint density at radius 3 is 2.46 bits per heavy atom. The van der Waals surface area contributed by atoms with Crippen LogP contribution in [0.2, 0.25) is 0 Å². The number of hydrogen-bond acceptors (Lipinski definition) is 3. The number of imidazole rings is 1. The topological polar surface area (TPSA) is 50.2 Å². The van der Waals surface area contributed by atoms with Gasteiger partial charge in [0.15, 0.2) is 0 Å². The van der Waals surface area contributed by atoms with Crippen molar-refractivity contribution in [3.8, 4) is 11.3 Å². The molecule has 0 unspecified atom stereocenters. The van der Waals surface area contributed by atoms with Crippen molar-refractivity contribution in [1.29, 1.82) is 0 Å². The lowest BCUT2D eigenvalue weighted by Crippen LogP contribution is -2.29. The molecule has 0 atom stereocenters. The summed E-state index contributed by atoms with van der Waals surface area (Å²) >= 11 is 0. The highest BCUT2D eigenvalue weighted by Crippen LogP contribution is 2.18. The second-order valence-electron chi connectivity index (χ2n) is 6.57. The molecule has 0 aliphatic carbocycles. The number of nitrogens with one attached hydrogen (secondary N) is 1. The van der Waals surface area contributed by atoms with Crippen molar-refractivity contribution in [1.82, 2.24) is 19.8 Å². The zero-order valence-electron chi connectivity index (χ0n) is 15.2. The highest BCUT2D eigenvalue weighted by molar-refractivity contribution is 5.77. The van der Waals surface area contributed by atoms with Gasteiger partial charge >= 0.3 is 6.03 Å². The molecule has 0 fully saturated rings. The van der Waals surface area contributed by atoms with Crippen LogP contribution in [-0.4, -0.2) is 41.1 Å². The smallest absolute Gasteiger partial charge is 0.326 e. The minimum absolute atomic E-state index is 0.163. The Morgan fingerprint density at radius 2 is 1.77 bits per heavy atom. The molecule has 1 amide bonds. The summed E-state index contributed by atoms with van der Waals surface area (Å²) in [6.45, 7) is 1.49. The van der Waals surface area contributed by atoms with Gasteiger partial charge in [-0.3, -0.25) is 4.57 Å². The van der Waals surface area contributed by atoms with Crippen LogP contribution >= 0.6 is 0 Å². The number of carbonyl (C=O) groups is 1. The Hall–Kier alpha value is -2.92. The first kappa shape index (κ1) is 17.9. The van der Waals surface area contributed by atoms with Crippen LogP contribution in [0.4, 0.5) is 4.79 Å². The molecule has 3 rings (SSSR count). The molecule has 1 heterocycles. The number of benzene rings is 2. The van der Waals surface area contributed by atoms with Crippen LogP contribution in [0.1, 0.15) is 11.1 Å². The molecule has 0 radical (unpaired) electrons. The van der Waals surface area contributed by atoms with Crippen LogP contribution in [0.5, 0.6) is 0 Å². The van der Waals surface area contributed by atoms with E-state index in [0.29, 0.717) is 6.54 Å². The molecule has 2 aromatic carbocycles. The van der Waals surface area contributed by atoms with Crippen LogP contribution in [-0.2, 0) is 13.0 Å². The van der Waals surface area contributed by atoms with E-state index in [-0.39, 0.29) is 6.03 Å². The molecule has 0 spiro atoms. The van der Waals surface area contributed by atoms with E-state index in [1.54, 1.807) is 12.5 Å². The van der Waals surface area contributed by atoms with Crippen LogP contribution < -0.4 is 5.32 Å². The molecule has 0 saturated carbocycles. The van der Waals surface area contributed by atoms with Crippen molar-refractivity contribution in [2.45, 2.75) is 13.0 Å². The standard InChI is InChI=1S/C21H24N4O/c1-24(2)14-18-8-10-19(11-9-18)20-15-25(16-23-20)21(26)22-13-12-17-6-4-3-5-7-17/h3-11,15-16H,12-14H2,1-2H3,(H,22,26). The number of aromatic nitrogens is 2. The maximum absolute atomic E-state index is 12.3. The van der Waals surface area contributed by atoms with E-state index in [4.69, 9.17) is 0 Å². The van der Waals surface area contributed by atoms with Gasteiger partial charge in [0.25, 0.3) is 0 Å². The highest BCUT2D eigenvalue weighted by Gasteiger charge is 2.08. The molecule has 5 heteroatoms. The summed E-state index contributed by atoms with van der Waals surface area (Å²) in [7, 11) is 4.10. The Kier molecular flexibility index (Phi) is 5.81. The molecule has 0 aliphatic rings. The lowest BCUT2D eigenvalue weighted by atomic mass is 10.1. The molecule has 0 saturated heterocycles. The summed E-state index contributed by atoms with van der Waals surface area (Å²) in [5.41, 5.74) is 4.25. The van der Waals surface area contributed by atoms with Crippen molar-refractivity contribution < 1.29 is 4.79 Å². The molecule has 0 aliphatic heterocycles. The average Bonchev–Trinajstić information content (AvgIpc) is 3.13. The molecular formula is C21H24N4O. The summed E-state index contributed by atoms with van der Waals surface area (Å²) < 4.78 is 1.49. The lowest BCUT2D eigenvalue weighted by Gasteiger charge is -2.09. The monoisotopic (exact) mass is 348 g/mol. The average molecular weight is 348 g/mol. The van der Waals surface area contributed by atoms with Crippen LogP contribution in [0, 0.1) is 0 Å². The van der Waals surface area contributed by atoms with E-state index in [1.807, 2.05) is 44.4 Å². The number of hydrogen-bond donors (Lipinski definition) is 1.